The van der Waals surface area contributed by atoms with Crippen LogP contribution in [0.2, 0.25) is 0 Å². The summed E-state index contributed by atoms with van der Waals surface area (Å²) in [7, 11) is 1.19. The Bertz CT molecular complexity index is 1830. The maximum absolute atomic E-state index is 13.6. The number of likely N-dealkylation sites (N-methyl/N-ethyl adjacent to an activating group) is 1. The average Bonchev–Trinajstić information content (AvgIpc) is 3.03. The first kappa shape index (κ1) is 88.2. The Hall–Kier alpha value is -2.81. The molecule has 91 heavy (non-hydrogen) atoms. The number of nitrogens with zero attached hydrogens (tertiary/aromatic N) is 1. The largest absolute Gasteiger partial charge is 0.756 e. The lowest BCUT2D eigenvalue weighted by molar-refractivity contribution is -0.870. The zero-order valence-electron chi connectivity index (χ0n) is 60.8. The van der Waals surface area contributed by atoms with Crippen LogP contribution < -0.4 is 10.2 Å². The fraction of sp³-hybridized carbons (Fsp3) is 0.802. The zero-order valence-corrected chi connectivity index (χ0v) is 61.7. The van der Waals surface area contributed by atoms with Gasteiger partial charge in [0.25, 0.3) is 7.82 Å². The Morgan fingerprint density at radius 2 is 0.703 bits per heavy atom. The van der Waals surface area contributed by atoms with Crippen molar-refractivity contribution in [2.24, 2.45) is 0 Å². The van der Waals surface area contributed by atoms with Gasteiger partial charge in [0.05, 0.1) is 33.8 Å². The number of esters is 1. The lowest BCUT2D eigenvalue weighted by atomic mass is 10.0. The fourth-order valence-corrected chi connectivity index (χ4v) is 12.1. The summed E-state index contributed by atoms with van der Waals surface area (Å²) in [5, 5.41) is 3.05. The van der Waals surface area contributed by atoms with Crippen LogP contribution >= 0.6 is 7.82 Å². The van der Waals surface area contributed by atoms with Crippen molar-refractivity contribution in [3.63, 3.8) is 0 Å². The average molecular weight is 1290 g/mol. The van der Waals surface area contributed by atoms with Crippen molar-refractivity contribution in [1.82, 2.24) is 5.32 Å². The highest BCUT2D eigenvalue weighted by molar-refractivity contribution is 7.45. The Balaban J connectivity index is 4.91. The van der Waals surface area contributed by atoms with Crippen LogP contribution in [0.3, 0.4) is 0 Å². The molecule has 3 unspecified atom stereocenters. The number of phosphoric acid groups is 1. The van der Waals surface area contributed by atoms with E-state index in [1.807, 2.05) is 33.3 Å². The number of allylic oxidation sites excluding steroid dienone is 13. The number of rotatable bonds is 71. The van der Waals surface area contributed by atoms with Crippen molar-refractivity contribution < 1.29 is 37.3 Å². The Morgan fingerprint density at radius 3 is 1.05 bits per heavy atom. The molecule has 0 aromatic rings. The van der Waals surface area contributed by atoms with Gasteiger partial charge in [-0.1, -0.05) is 357 Å². The minimum atomic E-state index is -4.71. The number of phosphoric ester groups is 1. The Labute approximate surface area is 565 Å². The molecule has 0 fully saturated rings. The van der Waals surface area contributed by atoms with Crippen molar-refractivity contribution in [1.29, 1.82) is 0 Å². The number of carbonyl (C=O) groups excluding carboxylic acids is 2. The van der Waals surface area contributed by atoms with Gasteiger partial charge in [0, 0.05) is 12.8 Å². The lowest BCUT2D eigenvalue weighted by Crippen LogP contribution is -2.47. The molecule has 0 saturated heterocycles. The van der Waals surface area contributed by atoms with E-state index in [1.165, 1.54) is 225 Å². The van der Waals surface area contributed by atoms with Gasteiger partial charge in [-0.3, -0.25) is 14.2 Å². The van der Waals surface area contributed by atoms with Crippen LogP contribution in [0.4, 0.5) is 0 Å². The number of carbonyl (C=O) groups is 2. The SMILES string of the molecule is CC/C=C\C/C=C\C/C=C\C/C=C\C/C=C\C/C=C\CCCCCCCCCCC(=O)OC(/C=C/CCCCCCCCCCC)C(COP(=O)([O-])OCC[N+](C)(C)C)NC(=O)CCCCCCCCCCCCCCCCCCCCCCCCCCCCC. The van der Waals surface area contributed by atoms with E-state index in [4.69, 9.17) is 13.8 Å². The van der Waals surface area contributed by atoms with E-state index in [0.717, 1.165) is 109 Å². The molecule has 0 spiro atoms. The maximum atomic E-state index is 13.6. The standard InChI is InChI=1S/C81H149N2O7P/c1-7-10-13-16-19-22-25-27-29-31-33-35-37-39-41-43-45-47-49-51-53-55-58-61-64-67-70-73-80(84)82-78(77-89-91(86,87)88-76-75-83(4,5)6)79(72-69-66-63-60-57-24-21-18-15-12-9-3)90-81(85)74-71-68-65-62-59-56-54-52-50-48-46-44-42-40-38-36-34-32-30-28-26-23-20-17-14-11-8-2/h11,14,20,23,28,30,34,36,40,42,46,48,69,72,78-79H,7-10,12-13,15-19,21-22,24-27,29,31-33,35,37-39,41,43-45,47,49-68,70-71,73-77H2,1-6H3,(H-,82,84,86,87)/b14-11-,23-20-,30-28-,36-34-,42-40-,48-46-,72-69+. The summed E-state index contributed by atoms with van der Waals surface area (Å²) in [6, 6.07) is -0.895. The molecule has 1 amide bonds. The molecule has 0 aliphatic rings. The first-order chi connectivity index (χ1) is 44.4. The van der Waals surface area contributed by atoms with Crippen LogP contribution in [0, 0.1) is 0 Å². The topological polar surface area (TPSA) is 114 Å². The van der Waals surface area contributed by atoms with Crippen LogP contribution in [0.25, 0.3) is 0 Å². The number of nitrogens with one attached hydrogen (secondary N) is 1. The monoisotopic (exact) mass is 1290 g/mol. The third-order valence-corrected chi connectivity index (χ3v) is 18.3. The van der Waals surface area contributed by atoms with Gasteiger partial charge in [0.1, 0.15) is 19.3 Å². The van der Waals surface area contributed by atoms with Crippen molar-refractivity contribution in [2.75, 3.05) is 40.9 Å². The van der Waals surface area contributed by atoms with Crippen LogP contribution in [-0.4, -0.2) is 69.4 Å². The number of ether oxygens (including phenoxy) is 1. The van der Waals surface area contributed by atoms with Gasteiger partial charge in [-0.25, -0.2) is 0 Å². The summed E-state index contributed by atoms with van der Waals surface area (Å²) in [5.74, 6) is -0.539. The second-order valence-electron chi connectivity index (χ2n) is 27.5. The second-order valence-corrected chi connectivity index (χ2v) is 28.9. The van der Waals surface area contributed by atoms with E-state index in [0.29, 0.717) is 17.4 Å². The predicted molar refractivity (Wildman–Crippen MR) is 395 cm³/mol. The molecule has 9 nitrogen and oxygen atoms in total. The molecule has 3 atom stereocenters. The number of quaternary nitrogens is 1. The highest BCUT2D eigenvalue weighted by Crippen LogP contribution is 2.38. The maximum Gasteiger partial charge on any atom is 0.306 e. The van der Waals surface area contributed by atoms with Gasteiger partial charge >= 0.3 is 5.97 Å². The van der Waals surface area contributed by atoms with Gasteiger partial charge in [0.15, 0.2) is 0 Å². The second kappa shape index (κ2) is 70.0. The lowest BCUT2D eigenvalue weighted by Gasteiger charge is -2.30. The zero-order chi connectivity index (χ0) is 66.3. The Morgan fingerprint density at radius 1 is 0.396 bits per heavy atom. The van der Waals surface area contributed by atoms with Crippen molar-refractivity contribution >= 4 is 19.7 Å². The van der Waals surface area contributed by atoms with E-state index < -0.39 is 26.6 Å². The van der Waals surface area contributed by atoms with E-state index >= 15 is 0 Å². The molecular formula is C81H149N2O7P. The van der Waals surface area contributed by atoms with Gasteiger partial charge in [-0.15, -0.1) is 0 Å². The Kier molecular flexibility index (Phi) is 67.8. The van der Waals surface area contributed by atoms with Crippen LogP contribution in [0.15, 0.2) is 85.1 Å². The highest BCUT2D eigenvalue weighted by Gasteiger charge is 2.27. The molecule has 0 bridgehead atoms. The van der Waals surface area contributed by atoms with E-state index in [2.05, 4.69) is 99.0 Å². The molecule has 0 saturated carbocycles. The van der Waals surface area contributed by atoms with Gasteiger partial charge in [0.2, 0.25) is 5.91 Å². The molecule has 10 heteroatoms. The molecule has 0 aliphatic heterocycles. The van der Waals surface area contributed by atoms with Crippen molar-refractivity contribution in [3.8, 4) is 0 Å². The van der Waals surface area contributed by atoms with Gasteiger partial charge < -0.3 is 28.5 Å². The number of hydrogen-bond acceptors (Lipinski definition) is 7. The molecule has 0 aromatic carbocycles. The summed E-state index contributed by atoms with van der Waals surface area (Å²) < 4.78 is 30.5. The number of unbranched alkanes of at least 4 members (excludes halogenated alkanes) is 43. The third-order valence-electron chi connectivity index (χ3n) is 17.3. The van der Waals surface area contributed by atoms with Gasteiger partial charge in [-0.05, 0) is 83.1 Å². The predicted octanol–water partition coefficient (Wildman–Crippen LogP) is 24.6. The molecule has 0 aliphatic carbocycles. The summed E-state index contributed by atoms with van der Waals surface area (Å²) in [5.41, 5.74) is 0. The minimum Gasteiger partial charge on any atom is -0.756 e. The van der Waals surface area contributed by atoms with E-state index in [9.17, 15) is 19.0 Å². The van der Waals surface area contributed by atoms with Crippen molar-refractivity contribution in [3.05, 3.63) is 85.1 Å². The number of amides is 1. The molecule has 0 rings (SSSR count). The third kappa shape index (κ3) is 71.3. The first-order valence-corrected chi connectivity index (χ1v) is 40.4. The molecule has 0 heterocycles. The first-order valence-electron chi connectivity index (χ1n) is 38.9. The van der Waals surface area contributed by atoms with E-state index in [-0.39, 0.29) is 24.9 Å². The normalized spacial score (nSPS) is 13.9. The molecule has 530 valence electrons. The number of hydrogen-bond donors (Lipinski definition) is 1. The molecular weight excluding hydrogens is 1140 g/mol. The molecule has 1 N–H and O–H groups in total. The van der Waals surface area contributed by atoms with Crippen LogP contribution in [0.1, 0.15) is 367 Å². The minimum absolute atomic E-state index is 0.0247. The molecule has 0 radical (unpaired) electrons. The summed E-state index contributed by atoms with van der Waals surface area (Å²) in [4.78, 5) is 40.3. The highest BCUT2D eigenvalue weighted by atomic mass is 31.2. The quantitative estimate of drug-likeness (QED) is 0.0212. The smallest absolute Gasteiger partial charge is 0.306 e. The fourth-order valence-electron chi connectivity index (χ4n) is 11.4. The summed E-state index contributed by atoms with van der Waals surface area (Å²) in [6.07, 6.45) is 94.5. The van der Waals surface area contributed by atoms with E-state index in [1.54, 1.807) is 0 Å². The summed E-state index contributed by atoms with van der Waals surface area (Å²) in [6.45, 7) is 6.77. The van der Waals surface area contributed by atoms with Crippen LogP contribution in [0.5, 0.6) is 0 Å². The summed E-state index contributed by atoms with van der Waals surface area (Å²) >= 11 is 0. The molecule has 0 aromatic heterocycles. The van der Waals surface area contributed by atoms with Crippen LogP contribution in [-0.2, 0) is 27.9 Å². The van der Waals surface area contributed by atoms with Crippen molar-refractivity contribution in [2.45, 2.75) is 380 Å². The van der Waals surface area contributed by atoms with Gasteiger partial charge in [-0.2, -0.15) is 0 Å².